The van der Waals surface area contributed by atoms with Crippen molar-refractivity contribution in [1.82, 2.24) is 0 Å². The average molecular weight is 220 g/mol. The van der Waals surface area contributed by atoms with E-state index in [1.54, 1.807) is 7.11 Å². The molecule has 0 saturated heterocycles. The van der Waals surface area contributed by atoms with Crippen LogP contribution in [0.4, 0.5) is 0 Å². The van der Waals surface area contributed by atoms with Crippen molar-refractivity contribution >= 4 is 0 Å². The normalized spacial score (nSPS) is 9.44. The van der Waals surface area contributed by atoms with Crippen LogP contribution in [0, 0.1) is 18.8 Å². The summed E-state index contributed by atoms with van der Waals surface area (Å²) >= 11 is 0. The molecule has 0 heterocycles. The number of hydrogen-bond acceptors (Lipinski definition) is 3. The number of methoxy groups -OCH3 is 1. The number of aliphatic hydroxyl groups excluding tert-OH is 1. The van der Waals surface area contributed by atoms with Crippen molar-refractivity contribution in [1.29, 1.82) is 0 Å². The predicted octanol–water partition coefficient (Wildman–Crippen LogP) is 1.36. The fourth-order valence-electron chi connectivity index (χ4n) is 1.24. The van der Waals surface area contributed by atoms with Crippen LogP contribution in [-0.4, -0.2) is 32.0 Å². The molecule has 1 N–H and O–H groups in total. The lowest BCUT2D eigenvalue weighted by atomic mass is 10.1. The standard InChI is InChI=1S/C13H16O3/c1-11-5-6-13(16-9-8-15-2)12(10-11)4-3-7-14/h5-6,10,14H,7-9H2,1-2H3. The first-order valence-electron chi connectivity index (χ1n) is 5.10. The van der Waals surface area contributed by atoms with Crippen LogP contribution in [-0.2, 0) is 4.74 Å². The van der Waals surface area contributed by atoms with Gasteiger partial charge < -0.3 is 14.6 Å². The molecular weight excluding hydrogens is 204 g/mol. The van der Waals surface area contributed by atoms with Crippen LogP contribution < -0.4 is 4.74 Å². The minimum atomic E-state index is -0.147. The highest BCUT2D eigenvalue weighted by molar-refractivity contribution is 5.48. The van der Waals surface area contributed by atoms with E-state index in [0.717, 1.165) is 16.9 Å². The van der Waals surface area contributed by atoms with Crippen LogP contribution in [0.15, 0.2) is 18.2 Å². The summed E-state index contributed by atoms with van der Waals surface area (Å²) in [6, 6.07) is 5.78. The fraction of sp³-hybridized carbons (Fsp3) is 0.385. The van der Waals surface area contributed by atoms with E-state index in [9.17, 15) is 0 Å². The van der Waals surface area contributed by atoms with Crippen molar-refractivity contribution in [2.45, 2.75) is 6.92 Å². The first kappa shape index (κ1) is 12.6. The van der Waals surface area contributed by atoms with Gasteiger partial charge in [-0.25, -0.2) is 0 Å². The van der Waals surface area contributed by atoms with Gasteiger partial charge in [0.15, 0.2) is 0 Å². The third-order valence-electron chi connectivity index (χ3n) is 1.98. The molecule has 0 aliphatic carbocycles. The molecular formula is C13H16O3. The van der Waals surface area contributed by atoms with Crippen molar-refractivity contribution in [3.63, 3.8) is 0 Å². The molecule has 1 aromatic rings. The van der Waals surface area contributed by atoms with Crippen LogP contribution in [0.2, 0.25) is 0 Å². The number of hydrogen-bond donors (Lipinski definition) is 1. The number of ether oxygens (including phenoxy) is 2. The zero-order chi connectivity index (χ0) is 11.8. The van der Waals surface area contributed by atoms with Crippen LogP contribution in [0.1, 0.15) is 11.1 Å². The van der Waals surface area contributed by atoms with Crippen molar-refractivity contribution in [3.8, 4) is 17.6 Å². The smallest absolute Gasteiger partial charge is 0.135 e. The molecule has 0 saturated carbocycles. The molecule has 0 bridgehead atoms. The van der Waals surface area contributed by atoms with E-state index in [0.29, 0.717) is 13.2 Å². The molecule has 0 atom stereocenters. The van der Waals surface area contributed by atoms with E-state index >= 15 is 0 Å². The number of aryl methyl sites for hydroxylation is 1. The molecule has 16 heavy (non-hydrogen) atoms. The Labute approximate surface area is 96.0 Å². The maximum atomic E-state index is 8.67. The Balaban J connectivity index is 2.80. The molecule has 0 spiro atoms. The molecule has 0 aliphatic rings. The predicted molar refractivity (Wildman–Crippen MR) is 62.5 cm³/mol. The van der Waals surface area contributed by atoms with Gasteiger partial charge >= 0.3 is 0 Å². The second-order valence-electron chi connectivity index (χ2n) is 3.30. The Kier molecular flexibility index (Phi) is 5.41. The lowest BCUT2D eigenvalue weighted by molar-refractivity contribution is 0.146. The summed E-state index contributed by atoms with van der Waals surface area (Å²) in [6.07, 6.45) is 0. The van der Waals surface area contributed by atoms with E-state index in [-0.39, 0.29) is 6.61 Å². The Bertz CT molecular complexity index is 388. The average Bonchev–Trinajstić information content (AvgIpc) is 2.29. The Hall–Kier alpha value is -1.50. The molecule has 0 aliphatic heterocycles. The van der Waals surface area contributed by atoms with Gasteiger partial charge in [-0.15, -0.1) is 0 Å². The molecule has 0 amide bonds. The quantitative estimate of drug-likeness (QED) is 0.615. The highest BCUT2D eigenvalue weighted by Crippen LogP contribution is 2.18. The third-order valence-corrected chi connectivity index (χ3v) is 1.98. The molecule has 1 rings (SSSR count). The Morgan fingerprint density at radius 3 is 2.81 bits per heavy atom. The highest BCUT2D eigenvalue weighted by atomic mass is 16.5. The van der Waals surface area contributed by atoms with E-state index in [1.165, 1.54) is 0 Å². The second-order valence-corrected chi connectivity index (χ2v) is 3.30. The summed E-state index contributed by atoms with van der Waals surface area (Å²) in [7, 11) is 1.63. The Morgan fingerprint density at radius 1 is 1.31 bits per heavy atom. The van der Waals surface area contributed by atoms with E-state index in [2.05, 4.69) is 11.8 Å². The van der Waals surface area contributed by atoms with Gasteiger partial charge in [0, 0.05) is 7.11 Å². The molecule has 3 heteroatoms. The van der Waals surface area contributed by atoms with Gasteiger partial charge in [0.1, 0.15) is 19.0 Å². The molecule has 0 unspecified atom stereocenters. The van der Waals surface area contributed by atoms with E-state index in [1.807, 2.05) is 25.1 Å². The van der Waals surface area contributed by atoms with E-state index in [4.69, 9.17) is 14.6 Å². The van der Waals surface area contributed by atoms with Crippen LogP contribution in [0.5, 0.6) is 5.75 Å². The van der Waals surface area contributed by atoms with Crippen molar-refractivity contribution in [2.24, 2.45) is 0 Å². The summed E-state index contributed by atoms with van der Waals surface area (Å²) in [5.74, 6) is 6.21. The molecule has 1 aromatic carbocycles. The van der Waals surface area contributed by atoms with Gasteiger partial charge in [0.25, 0.3) is 0 Å². The molecule has 86 valence electrons. The maximum absolute atomic E-state index is 8.67. The lowest BCUT2D eigenvalue weighted by Gasteiger charge is -2.08. The lowest BCUT2D eigenvalue weighted by Crippen LogP contribution is -2.05. The Morgan fingerprint density at radius 2 is 2.12 bits per heavy atom. The summed E-state index contributed by atoms with van der Waals surface area (Å²) < 4.78 is 10.4. The van der Waals surface area contributed by atoms with Gasteiger partial charge in [-0.1, -0.05) is 17.9 Å². The van der Waals surface area contributed by atoms with Crippen LogP contribution >= 0.6 is 0 Å². The summed E-state index contributed by atoms with van der Waals surface area (Å²) in [6.45, 7) is 2.88. The van der Waals surface area contributed by atoms with Crippen molar-refractivity contribution < 1.29 is 14.6 Å². The number of rotatable bonds is 4. The molecule has 0 aromatic heterocycles. The molecule has 0 radical (unpaired) electrons. The van der Waals surface area contributed by atoms with Gasteiger partial charge in [0.2, 0.25) is 0 Å². The molecule has 3 nitrogen and oxygen atoms in total. The minimum Gasteiger partial charge on any atom is -0.490 e. The maximum Gasteiger partial charge on any atom is 0.135 e. The van der Waals surface area contributed by atoms with Gasteiger partial charge in [-0.2, -0.15) is 0 Å². The summed E-state index contributed by atoms with van der Waals surface area (Å²) in [5, 5.41) is 8.67. The van der Waals surface area contributed by atoms with Crippen LogP contribution in [0.25, 0.3) is 0 Å². The number of aliphatic hydroxyl groups is 1. The van der Waals surface area contributed by atoms with E-state index < -0.39 is 0 Å². The zero-order valence-corrected chi connectivity index (χ0v) is 9.62. The second kappa shape index (κ2) is 6.89. The first-order chi connectivity index (χ1) is 7.77. The molecule has 0 fully saturated rings. The zero-order valence-electron chi connectivity index (χ0n) is 9.62. The highest BCUT2D eigenvalue weighted by Gasteiger charge is 2.01. The van der Waals surface area contributed by atoms with Gasteiger partial charge in [-0.05, 0) is 24.6 Å². The monoisotopic (exact) mass is 220 g/mol. The largest absolute Gasteiger partial charge is 0.490 e. The van der Waals surface area contributed by atoms with Crippen molar-refractivity contribution in [3.05, 3.63) is 29.3 Å². The third kappa shape index (κ3) is 3.93. The topological polar surface area (TPSA) is 38.7 Å². The first-order valence-corrected chi connectivity index (χ1v) is 5.10. The number of benzene rings is 1. The van der Waals surface area contributed by atoms with Gasteiger partial charge in [-0.3, -0.25) is 0 Å². The summed E-state index contributed by atoms with van der Waals surface area (Å²) in [4.78, 5) is 0. The van der Waals surface area contributed by atoms with Gasteiger partial charge in [0.05, 0.1) is 12.2 Å². The fourth-order valence-corrected chi connectivity index (χ4v) is 1.24. The SMILES string of the molecule is COCCOc1ccc(C)cc1C#CCO. The van der Waals surface area contributed by atoms with Crippen LogP contribution in [0.3, 0.4) is 0 Å². The summed E-state index contributed by atoms with van der Waals surface area (Å²) in [5.41, 5.74) is 1.91. The minimum absolute atomic E-state index is 0.147. The van der Waals surface area contributed by atoms with Crippen molar-refractivity contribution in [2.75, 3.05) is 26.9 Å².